The number of rotatable bonds is 2. The number of nitrogens with zero attached hydrogens (tertiary/aromatic N) is 1. The van der Waals surface area contributed by atoms with E-state index in [0.29, 0.717) is 0 Å². The van der Waals surface area contributed by atoms with Gasteiger partial charge in [-0.25, -0.2) is 10.5 Å². The molecule has 1 aromatic heterocycles. The molecule has 94 valence electrons. The van der Waals surface area contributed by atoms with Gasteiger partial charge in [-0.1, -0.05) is 39.0 Å². The van der Waals surface area contributed by atoms with E-state index in [1.54, 1.807) is 18.4 Å². The van der Waals surface area contributed by atoms with E-state index in [4.69, 9.17) is 4.84 Å². The number of aromatic nitrogens is 1. The molecule has 0 radical (unpaired) electrons. The maximum Gasteiger partial charge on any atom is 0.207 e. The minimum absolute atomic E-state index is 0.893. The van der Waals surface area contributed by atoms with Crippen LogP contribution in [0.2, 0.25) is 0 Å². The first-order valence-electron chi connectivity index (χ1n) is 6.17. The van der Waals surface area contributed by atoms with Gasteiger partial charge in [0, 0.05) is 4.88 Å². The van der Waals surface area contributed by atoms with Gasteiger partial charge < -0.3 is 0 Å². The lowest BCUT2D eigenvalue weighted by Gasteiger charge is -2.06. The smallest absolute Gasteiger partial charge is 0.207 e. The maximum absolute atomic E-state index is 4.80. The van der Waals surface area contributed by atoms with Crippen LogP contribution in [-0.4, -0.2) is 12.1 Å². The number of hydrogen-bond donors (Lipinski definition) is 1. The highest BCUT2D eigenvalue weighted by molar-refractivity contribution is 7.15. The Labute approximate surface area is 103 Å². The molecule has 4 heteroatoms. The number of fused-ring (bicyclic) bond motifs is 1. The lowest BCUT2D eigenvalue weighted by Crippen LogP contribution is -1.99. The van der Waals surface area contributed by atoms with Gasteiger partial charge in [-0.3, -0.25) is 4.84 Å². The Morgan fingerprint density at radius 1 is 1.12 bits per heavy atom. The van der Waals surface area contributed by atoms with Crippen LogP contribution in [0.3, 0.4) is 0 Å². The van der Waals surface area contributed by atoms with E-state index in [0.717, 1.165) is 11.6 Å². The van der Waals surface area contributed by atoms with Crippen molar-refractivity contribution < 1.29 is 4.84 Å². The summed E-state index contributed by atoms with van der Waals surface area (Å²) in [6.07, 6.45) is 4.92. The SMILES string of the molecule is CC.CC.CONc1nc2c(s1)CCCC2. The van der Waals surface area contributed by atoms with Crippen molar-refractivity contribution in [3.63, 3.8) is 0 Å². The van der Waals surface area contributed by atoms with E-state index >= 15 is 0 Å². The zero-order chi connectivity index (χ0) is 12.4. The Bertz CT molecular complexity index is 250. The predicted octanol–water partition coefficient (Wildman–Crippen LogP) is 4.05. The first-order chi connectivity index (χ1) is 7.90. The molecule has 0 unspecified atom stereocenters. The summed E-state index contributed by atoms with van der Waals surface area (Å²) in [6.45, 7) is 8.00. The van der Waals surface area contributed by atoms with Crippen LogP contribution in [0.4, 0.5) is 5.13 Å². The van der Waals surface area contributed by atoms with Crippen molar-refractivity contribution in [3.8, 4) is 0 Å². The van der Waals surface area contributed by atoms with Gasteiger partial charge in [-0.05, 0) is 25.7 Å². The summed E-state index contributed by atoms with van der Waals surface area (Å²) in [5, 5.41) is 0.893. The standard InChI is InChI=1S/C8H12N2OS.2C2H6/c1-11-10-8-9-6-4-2-3-5-7(6)12-8;2*1-2/h2-5H2,1H3,(H,9,10);2*1-2H3. The van der Waals surface area contributed by atoms with E-state index in [1.807, 2.05) is 27.7 Å². The molecule has 1 aliphatic carbocycles. The molecule has 0 aromatic carbocycles. The quantitative estimate of drug-likeness (QED) is 0.797. The average Bonchev–Trinajstić information content (AvgIpc) is 2.77. The number of thiazole rings is 1. The van der Waals surface area contributed by atoms with Gasteiger partial charge in [0.1, 0.15) is 0 Å². The third-order valence-electron chi connectivity index (χ3n) is 2.04. The molecule has 0 spiro atoms. The predicted molar refractivity (Wildman–Crippen MR) is 72.1 cm³/mol. The first kappa shape index (κ1) is 15.4. The van der Waals surface area contributed by atoms with Gasteiger partial charge in [-0.15, -0.1) is 0 Å². The van der Waals surface area contributed by atoms with E-state index < -0.39 is 0 Å². The number of nitrogens with one attached hydrogen (secondary N) is 1. The highest BCUT2D eigenvalue weighted by Crippen LogP contribution is 2.29. The van der Waals surface area contributed by atoms with Crippen LogP contribution >= 0.6 is 11.3 Å². The second kappa shape index (κ2) is 9.60. The topological polar surface area (TPSA) is 34.1 Å². The average molecular weight is 244 g/mol. The molecule has 0 saturated heterocycles. The van der Waals surface area contributed by atoms with Gasteiger partial charge in [0.05, 0.1) is 12.8 Å². The summed E-state index contributed by atoms with van der Waals surface area (Å²) in [7, 11) is 1.61. The Morgan fingerprint density at radius 2 is 1.75 bits per heavy atom. The van der Waals surface area contributed by atoms with Crippen molar-refractivity contribution in [2.45, 2.75) is 53.4 Å². The molecule has 16 heavy (non-hydrogen) atoms. The second-order valence-corrected chi connectivity index (χ2v) is 3.99. The van der Waals surface area contributed by atoms with E-state index in [1.165, 1.54) is 29.8 Å². The highest BCUT2D eigenvalue weighted by atomic mass is 32.1. The van der Waals surface area contributed by atoms with E-state index in [9.17, 15) is 0 Å². The Hall–Kier alpha value is -0.610. The van der Waals surface area contributed by atoms with Crippen molar-refractivity contribution >= 4 is 16.5 Å². The minimum Gasteiger partial charge on any atom is -0.277 e. The molecule has 0 atom stereocenters. The van der Waals surface area contributed by atoms with Crippen molar-refractivity contribution in [1.82, 2.24) is 4.98 Å². The molecule has 1 aromatic rings. The van der Waals surface area contributed by atoms with Crippen LogP contribution < -0.4 is 5.48 Å². The van der Waals surface area contributed by atoms with Gasteiger partial charge in [-0.2, -0.15) is 0 Å². The van der Waals surface area contributed by atoms with Crippen molar-refractivity contribution in [2.75, 3.05) is 12.6 Å². The monoisotopic (exact) mass is 244 g/mol. The van der Waals surface area contributed by atoms with Crippen molar-refractivity contribution in [1.29, 1.82) is 0 Å². The summed E-state index contributed by atoms with van der Waals surface area (Å²) >= 11 is 1.71. The Balaban J connectivity index is 0.000000509. The Morgan fingerprint density at radius 3 is 2.31 bits per heavy atom. The molecule has 2 rings (SSSR count). The summed E-state index contributed by atoms with van der Waals surface area (Å²) in [5.41, 5.74) is 4.04. The lowest BCUT2D eigenvalue weighted by molar-refractivity contribution is 0.270. The van der Waals surface area contributed by atoms with Crippen LogP contribution in [0.25, 0.3) is 0 Å². The zero-order valence-corrected chi connectivity index (χ0v) is 11.9. The number of hydrogen-bond acceptors (Lipinski definition) is 4. The number of anilines is 1. The molecule has 0 fully saturated rings. The van der Waals surface area contributed by atoms with E-state index in [2.05, 4.69) is 10.5 Å². The normalized spacial score (nSPS) is 12.6. The van der Waals surface area contributed by atoms with Crippen LogP contribution in [0.5, 0.6) is 0 Å². The third-order valence-corrected chi connectivity index (χ3v) is 3.09. The fourth-order valence-electron chi connectivity index (χ4n) is 1.48. The fraction of sp³-hybridized carbons (Fsp3) is 0.750. The van der Waals surface area contributed by atoms with Crippen LogP contribution in [-0.2, 0) is 17.7 Å². The van der Waals surface area contributed by atoms with Gasteiger partial charge in [0.2, 0.25) is 5.13 Å². The highest BCUT2D eigenvalue weighted by Gasteiger charge is 2.14. The summed E-state index contributed by atoms with van der Waals surface area (Å²) in [4.78, 5) is 10.7. The molecule has 1 heterocycles. The first-order valence-corrected chi connectivity index (χ1v) is 6.99. The number of aryl methyl sites for hydroxylation is 2. The molecule has 3 nitrogen and oxygen atoms in total. The summed E-state index contributed by atoms with van der Waals surface area (Å²) in [6, 6.07) is 0. The fourth-order valence-corrected chi connectivity index (χ4v) is 2.51. The van der Waals surface area contributed by atoms with Crippen molar-refractivity contribution in [2.24, 2.45) is 0 Å². The molecule has 0 saturated carbocycles. The molecule has 0 amide bonds. The third kappa shape index (κ3) is 4.49. The van der Waals surface area contributed by atoms with Crippen LogP contribution in [0.15, 0.2) is 0 Å². The zero-order valence-electron chi connectivity index (χ0n) is 11.1. The molecule has 0 aliphatic heterocycles. The summed E-state index contributed by atoms with van der Waals surface area (Å²) < 4.78 is 0. The van der Waals surface area contributed by atoms with E-state index in [-0.39, 0.29) is 0 Å². The molecule has 1 aliphatic rings. The minimum atomic E-state index is 0.893. The molecular weight excluding hydrogens is 220 g/mol. The molecular formula is C12H24N2OS. The molecule has 1 N–H and O–H groups in total. The van der Waals surface area contributed by atoms with Crippen LogP contribution in [0, 0.1) is 0 Å². The largest absolute Gasteiger partial charge is 0.277 e. The summed E-state index contributed by atoms with van der Waals surface area (Å²) in [5.74, 6) is 0. The maximum atomic E-state index is 4.80. The van der Waals surface area contributed by atoms with Crippen molar-refractivity contribution in [3.05, 3.63) is 10.6 Å². The van der Waals surface area contributed by atoms with Gasteiger partial charge >= 0.3 is 0 Å². The van der Waals surface area contributed by atoms with Gasteiger partial charge in [0.15, 0.2) is 0 Å². The van der Waals surface area contributed by atoms with Crippen LogP contribution in [0.1, 0.15) is 51.1 Å². The Kier molecular flexibility index (Phi) is 9.24. The lowest BCUT2D eigenvalue weighted by atomic mass is 10.0. The second-order valence-electron chi connectivity index (χ2n) is 2.90. The van der Waals surface area contributed by atoms with Gasteiger partial charge in [0.25, 0.3) is 0 Å². The molecule has 0 bridgehead atoms.